The number of benzene rings is 1. The zero-order valence-corrected chi connectivity index (χ0v) is 21.0. The van der Waals surface area contributed by atoms with E-state index in [1.165, 1.54) is 9.80 Å². The van der Waals surface area contributed by atoms with Crippen LogP contribution in [0.3, 0.4) is 0 Å². The van der Waals surface area contributed by atoms with Crippen LogP contribution in [-0.2, 0) is 16.1 Å². The van der Waals surface area contributed by atoms with Crippen LogP contribution in [0.15, 0.2) is 30.4 Å². The summed E-state index contributed by atoms with van der Waals surface area (Å²) < 4.78 is 5.55. The first-order valence-corrected chi connectivity index (χ1v) is 12.1. The molecule has 4 rings (SSSR count). The molecule has 1 N–H and O–H groups in total. The predicted octanol–water partition coefficient (Wildman–Crippen LogP) is 4.78. The second-order valence-electron chi connectivity index (χ2n) is 10.1. The Morgan fingerprint density at radius 3 is 2.56 bits per heavy atom. The third-order valence-corrected chi connectivity index (χ3v) is 7.20. The lowest BCUT2D eigenvalue weighted by Crippen LogP contribution is -2.74. The molecule has 0 radical (unpaired) electrons. The summed E-state index contributed by atoms with van der Waals surface area (Å²) in [5.41, 5.74) is -1.48. The molecule has 1 aliphatic carbocycles. The highest BCUT2D eigenvalue weighted by Crippen LogP contribution is 2.40. The number of fused-ring (bicyclic) bond motifs is 2. The average molecular weight is 510 g/mol. The first-order valence-electron chi connectivity index (χ1n) is 11.3. The number of hydrogen-bond donors (Lipinski definition) is 1. The highest BCUT2D eigenvalue weighted by atomic mass is 35.5. The fourth-order valence-corrected chi connectivity index (χ4v) is 5.11. The third kappa shape index (κ3) is 4.70. The van der Waals surface area contributed by atoms with E-state index in [-0.39, 0.29) is 38.0 Å². The molecule has 3 amide bonds. The summed E-state index contributed by atoms with van der Waals surface area (Å²) in [5.74, 6) is -0.337. The molecular formula is C24H29Cl2N3O5. The van der Waals surface area contributed by atoms with Crippen molar-refractivity contribution in [2.45, 2.75) is 69.8 Å². The van der Waals surface area contributed by atoms with Gasteiger partial charge >= 0.3 is 12.2 Å². The van der Waals surface area contributed by atoms with Gasteiger partial charge in [0, 0.05) is 19.1 Å². The molecule has 184 valence electrons. The molecule has 0 aromatic heterocycles. The first-order chi connectivity index (χ1) is 15.9. The van der Waals surface area contributed by atoms with Crippen molar-refractivity contribution >= 4 is 41.3 Å². The van der Waals surface area contributed by atoms with Gasteiger partial charge in [-0.15, -0.1) is 0 Å². The third-order valence-electron chi connectivity index (χ3n) is 6.34. The minimum atomic E-state index is -1.45. The van der Waals surface area contributed by atoms with Gasteiger partial charge in [0.1, 0.15) is 11.1 Å². The summed E-state index contributed by atoms with van der Waals surface area (Å²) in [7, 11) is 0. The number of piperazine rings is 1. The second kappa shape index (κ2) is 8.96. The predicted molar refractivity (Wildman–Crippen MR) is 128 cm³/mol. The SMILES string of the molecule is CC(C)(C)OC(=O)N1CC2C=CCC(C(=O)N(Cc3cccc(Cl)c3Cl)C3CC3)(C1)N2C(=O)O. The van der Waals surface area contributed by atoms with E-state index < -0.39 is 29.4 Å². The smallest absolute Gasteiger partial charge is 0.410 e. The summed E-state index contributed by atoms with van der Waals surface area (Å²) in [5, 5.41) is 10.9. The van der Waals surface area contributed by atoms with Crippen LogP contribution >= 0.6 is 23.2 Å². The molecule has 10 heteroatoms. The Morgan fingerprint density at radius 2 is 1.94 bits per heavy atom. The molecule has 2 bridgehead atoms. The van der Waals surface area contributed by atoms with E-state index in [0.717, 1.165) is 12.8 Å². The molecule has 0 spiro atoms. The lowest BCUT2D eigenvalue weighted by molar-refractivity contribution is -0.151. The maximum atomic E-state index is 14.2. The van der Waals surface area contributed by atoms with Gasteiger partial charge in [0.05, 0.1) is 22.6 Å². The minimum Gasteiger partial charge on any atom is -0.465 e. The summed E-state index contributed by atoms with van der Waals surface area (Å²) in [6.07, 6.45) is 3.64. The van der Waals surface area contributed by atoms with Gasteiger partial charge in [-0.05, 0) is 51.7 Å². The van der Waals surface area contributed by atoms with Crippen LogP contribution in [0.25, 0.3) is 0 Å². The van der Waals surface area contributed by atoms with Crippen LogP contribution in [0, 0.1) is 0 Å². The number of rotatable bonds is 4. The monoisotopic (exact) mass is 509 g/mol. The minimum absolute atomic E-state index is 0.0196. The number of nitrogens with zero attached hydrogens (tertiary/aromatic N) is 3. The molecule has 1 aromatic rings. The van der Waals surface area contributed by atoms with Crippen LogP contribution in [0.5, 0.6) is 0 Å². The number of carbonyl (C=O) groups excluding carboxylic acids is 2. The highest BCUT2D eigenvalue weighted by molar-refractivity contribution is 6.42. The Labute approximate surface area is 209 Å². The van der Waals surface area contributed by atoms with Crippen LogP contribution in [-0.4, -0.2) is 74.2 Å². The molecule has 2 heterocycles. The molecule has 8 nitrogen and oxygen atoms in total. The number of hydrogen-bond acceptors (Lipinski definition) is 4. The van der Waals surface area contributed by atoms with Crippen LogP contribution < -0.4 is 0 Å². The Bertz CT molecular complexity index is 1040. The summed E-state index contributed by atoms with van der Waals surface area (Å²) in [6.45, 7) is 5.55. The van der Waals surface area contributed by atoms with E-state index in [4.69, 9.17) is 27.9 Å². The quantitative estimate of drug-likeness (QED) is 0.589. The lowest BCUT2D eigenvalue weighted by Gasteiger charge is -2.54. The molecule has 2 unspecified atom stereocenters. The maximum absolute atomic E-state index is 14.2. The van der Waals surface area contributed by atoms with E-state index >= 15 is 0 Å². The maximum Gasteiger partial charge on any atom is 0.410 e. The van der Waals surface area contributed by atoms with Gasteiger partial charge in [0.15, 0.2) is 0 Å². The van der Waals surface area contributed by atoms with Gasteiger partial charge in [-0.25, -0.2) is 9.59 Å². The molecule has 2 aliphatic heterocycles. The Hall–Kier alpha value is -2.45. The zero-order valence-electron chi connectivity index (χ0n) is 19.5. The largest absolute Gasteiger partial charge is 0.465 e. The van der Waals surface area contributed by atoms with Crippen LogP contribution in [0.2, 0.25) is 10.0 Å². The molecule has 34 heavy (non-hydrogen) atoms. The van der Waals surface area contributed by atoms with E-state index in [0.29, 0.717) is 15.6 Å². The molecule has 2 fully saturated rings. The normalized spacial score (nSPS) is 24.1. The summed E-state index contributed by atoms with van der Waals surface area (Å²) >= 11 is 12.6. The Kier molecular flexibility index (Phi) is 6.50. The summed E-state index contributed by atoms with van der Waals surface area (Å²) in [4.78, 5) is 43.9. The second-order valence-corrected chi connectivity index (χ2v) is 10.9. The van der Waals surface area contributed by atoms with Gasteiger partial charge in [0.25, 0.3) is 5.91 Å². The fraction of sp³-hybridized carbons (Fsp3) is 0.542. The van der Waals surface area contributed by atoms with Gasteiger partial charge in [0.2, 0.25) is 0 Å². The van der Waals surface area contributed by atoms with Crippen molar-refractivity contribution in [2.24, 2.45) is 0 Å². The van der Waals surface area contributed by atoms with Crippen molar-refractivity contribution in [1.82, 2.24) is 14.7 Å². The van der Waals surface area contributed by atoms with Gasteiger partial charge in [-0.1, -0.05) is 47.5 Å². The standard InChI is InChI=1S/C24H29Cl2N3O5/c1-23(2,3)34-22(33)27-13-17-7-5-11-24(14-27,29(17)21(31)32)20(30)28(16-9-10-16)12-15-6-4-8-18(25)19(15)26/h4-8,16-17H,9-14H2,1-3H3,(H,31,32). The molecular weight excluding hydrogens is 481 g/mol. The van der Waals surface area contributed by atoms with E-state index in [2.05, 4.69) is 0 Å². The number of halogens is 2. The van der Waals surface area contributed by atoms with Crippen molar-refractivity contribution < 1.29 is 24.2 Å². The Balaban J connectivity index is 1.70. The van der Waals surface area contributed by atoms with Crippen molar-refractivity contribution in [2.75, 3.05) is 13.1 Å². The topological polar surface area (TPSA) is 90.4 Å². The number of carboxylic acid groups (broad SMARTS) is 1. The molecule has 1 aromatic carbocycles. The Morgan fingerprint density at radius 1 is 1.24 bits per heavy atom. The lowest BCUT2D eigenvalue weighted by atomic mass is 9.82. The van der Waals surface area contributed by atoms with Gasteiger partial charge < -0.3 is 19.6 Å². The van der Waals surface area contributed by atoms with Gasteiger partial charge in [-0.2, -0.15) is 0 Å². The molecule has 2 atom stereocenters. The van der Waals surface area contributed by atoms with Crippen molar-refractivity contribution in [3.63, 3.8) is 0 Å². The molecule has 1 saturated heterocycles. The summed E-state index contributed by atoms with van der Waals surface area (Å²) in [6, 6.07) is 4.59. The number of amides is 3. The average Bonchev–Trinajstić information content (AvgIpc) is 3.57. The van der Waals surface area contributed by atoms with Crippen LogP contribution in [0.1, 0.15) is 45.6 Å². The number of ether oxygens (including phenoxy) is 1. The highest BCUT2D eigenvalue weighted by Gasteiger charge is 2.58. The van der Waals surface area contributed by atoms with E-state index in [1.54, 1.807) is 49.9 Å². The van der Waals surface area contributed by atoms with E-state index in [1.807, 2.05) is 6.08 Å². The number of carbonyl (C=O) groups is 3. The molecule has 1 saturated carbocycles. The van der Waals surface area contributed by atoms with Crippen molar-refractivity contribution in [3.05, 3.63) is 46.0 Å². The molecule has 3 aliphatic rings. The van der Waals surface area contributed by atoms with Crippen molar-refractivity contribution in [3.8, 4) is 0 Å². The first kappa shape index (κ1) is 24.7. The zero-order chi connectivity index (χ0) is 24.8. The van der Waals surface area contributed by atoms with Crippen LogP contribution in [0.4, 0.5) is 9.59 Å². The van der Waals surface area contributed by atoms with Crippen molar-refractivity contribution in [1.29, 1.82) is 0 Å². The van der Waals surface area contributed by atoms with E-state index in [9.17, 15) is 19.5 Å². The van der Waals surface area contributed by atoms with Gasteiger partial charge in [-0.3, -0.25) is 9.69 Å². The fourth-order valence-electron chi connectivity index (χ4n) is 4.73.